The molecular weight excluding hydrogens is 676 g/mol. The molecule has 2 atom stereocenters. The molecule has 286 valence electrons. The normalized spacial score (nSPS) is 21.2. The Bertz CT molecular complexity index is 1560. The van der Waals surface area contributed by atoms with Gasteiger partial charge in [0.25, 0.3) is 0 Å². The zero-order valence-corrected chi connectivity index (χ0v) is 31.1. The third-order valence-electron chi connectivity index (χ3n) is 9.49. The highest BCUT2D eigenvalue weighted by atomic mass is 19.1. The maximum absolute atomic E-state index is 14.8. The average molecular weight is 730 g/mol. The summed E-state index contributed by atoms with van der Waals surface area (Å²) in [7, 11) is 0. The van der Waals surface area contributed by atoms with Crippen molar-refractivity contribution in [2.45, 2.75) is 65.3 Å². The zero-order valence-electron chi connectivity index (χ0n) is 31.1. The van der Waals surface area contributed by atoms with E-state index in [0.29, 0.717) is 68.2 Å². The van der Waals surface area contributed by atoms with Crippen molar-refractivity contribution in [3.8, 4) is 0 Å². The van der Waals surface area contributed by atoms with Crippen LogP contribution in [-0.2, 0) is 19.0 Å². The van der Waals surface area contributed by atoms with Crippen LogP contribution in [0.15, 0.2) is 36.4 Å². The summed E-state index contributed by atoms with van der Waals surface area (Å²) in [6, 6.07) is 10.1. The molecule has 0 aromatic heterocycles. The molecule has 13 nitrogen and oxygen atoms in total. The molecular formula is C37H53F2N7O6. The number of morpholine rings is 1. The van der Waals surface area contributed by atoms with Gasteiger partial charge in [0.1, 0.15) is 23.8 Å². The number of nitrogens with one attached hydrogen (secondary N) is 2. The van der Waals surface area contributed by atoms with Gasteiger partial charge in [-0.15, -0.1) is 0 Å². The first kappa shape index (κ1) is 39.0. The lowest BCUT2D eigenvalue weighted by atomic mass is 10.0. The highest BCUT2D eigenvalue weighted by molar-refractivity contribution is 5.91. The summed E-state index contributed by atoms with van der Waals surface area (Å²) in [5.41, 5.74) is 2.21. The SMILES string of the molecule is CC(=O)NC[C@H]1CN(c2ccc(N3CCN(C(C)(C)C)CC3)c(F)c2)C(=O)O1.CC(C)NC[C@H]1CN(c2ccc(N3CCOCC3)c(F)c2)C(=O)O1. The molecule has 15 heteroatoms. The summed E-state index contributed by atoms with van der Waals surface area (Å²) in [6.45, 7) is 19.4. The second kappa shape index (κ2) is 17.1. The summed E-state index contributed by atoms with van der Waals surface area (Å²) in [4.78, 5) is 44.5. The molecule has 3 amide bonds. The lowest BCUT2D eigenvalue weighted by Gasteiger charge is -2.43. The smallest absolute Gasteiger partial charge is 0.414 e. The van der Waals surface area contributed by atoms with E-state index in [4.69, 9.17) is 14.2 Å². The summed E-state index contributed by atoms with van der Waals surface area (Å²) < 4.78 is 45.2. The average Bonchev–Trinajstić information content (AvgIpc) is 3.68. The number of anilines is 4. The van der Waals surface area contributed by atoms with Crippen molar-refractivity contribution in [3.63, 3.8) is 0 Å². The fourth-order valence-electron chi connectivity index (χ4n) is 6.56. The minimum absolute atomic E-state index is 0.110. The Balaban J connectivity index is 0.000000203. The molecule has 4 saturated heterocycles. The largest absolute Gasteiger partial charge is 0.443 e. The molecule has 0 saturated carbocycles. The molecule has 4 aliphatic rings. The van der Waals surface area contributed by atoms with Crippen molar-refractivity contribution in [3.05, 3.63) is 48.0 Å². The van der Waals surface area contributed by atoms with E-state index >= 15 is 0 Å². The number of benzene rings is 2. The third-order valence-corrected chi connectivity index (χ3v) is 9.49. The molecule has 0 aliphatic carbocycles. The van der Waals surface area contributed by atoms with Gasteiger partial charge < -0.3 is 34.6 Å². The second-order valence-corrected chi connectivity index (χ2v) is 14.7. The first-order valence-electron chi connectivity index (χ1n) is 18.1. The number of ether oxygens (including phenoxy) is 3. The fraction of sp³-hybridized carbons (Fsp3) is 0.595. The fourth-order valence-corrected chi connectivity index (χ4v) is 6.56. The Morgan fingerprint density at radius 3 is 1.71 bits per heavy atom. The van der Waals surface area contributed by atoms with Crippen molar-refractivity contribution in [2.24, 2.45) is 0 Å². The van der Waals surface area contributed by atoms with E-state index in [1.54, 1.807) is 24.3 Å². The van der Waals surface area contributed by atoms with Crippen LogP contribution in [-0.4, -0.2) is 125 Å². The van der Waals surface area contributed by atoms with Crippen LogP contribution in [0.1, 0.15) is 41.5 Å². The number of rotatable bonds is 9. The maximum atomic E-state index is 14.8. The second-order valence-electron chi connectivity index (χ2n) is 14.7. The predicted molar refractivity (Wildman–Crippen MR) is 196 cm³/mol. The van der Waals surface area contributed by atoms with Crippen LogP contribution in [0.2, 0.25) is 0 Å². The molecule has 0 unspecified atom stereocenters. The number of halogens is 2. The van der Waals surface area contributed by atoms with Gasteiger partial charge in [-0.2, -0.15) is 0 Å². The van der Waals surface area contributed by atoms with Crippen LogP contribution in [0.4, 0.5) is 41.1 Å². The zero-order chi connectivity index (χ0) is 37.6. The molecule has 0 bridgehead atoms. The van der Waals surface area contributed by atoms with Crippen molar-refractivity contribution < 1.29 is 37.4 Å². The Labute approximate surface area is 305 Å². The van der Waals surface area contributed by atoms with E-state index in [1.165, 1.54) is 28.9 Å². The third kappa shape index (κ3) is 10.0. The monoisotopic (exact) mass is 729 g/mol. The highest BCUT2D eigenvalue weighted by Gasteiger charge is 2.34. The maximum Gasteiger partial charge on any atom is 0.414 e. The Hall–Kier alpha value is -4.21. The summed E-state index contributed by atoms with van der Waals surface area (Å²) in [6.07, 6.45) is -1.61. The molecule has 4 fully saturated rings. The van der Waals surface area contributed by atoms with E-state index in [1.807, 2.05) is 23.6 Å². The van der Waals surface area contributed by atoms with Crippen LogP contribution in [0.3, 0.4) is 0 Å². The van der Waals surface area contributed by atoms with Gasteiger partial charge in [0, 0.05) is 64.3 Å². The van der Waals surface area contributed by atoms with Crippen LogP contribution in [0.5, 0.6) is 0 Å². The Kier molecular flexibility index (Phi) is 12.8. The van der Waals surface area contributed by atoms with Crippen LogP contribution in [0, 0.1) is 11.6 Å². The number of piperazine rings is 1. The van der Waals surface area contributed by atoms with Gasteiger partial charge in [0.15, 0.2) is 0 Å². The first-order chi connectivity index (χ1) is 24.7. The predicted octanol–water partition coefficient (Wildman–Crippen LogP) is 4.19. The van der Waals surface area contributed by atoms with Gasteiger partial charge in [-0.25, -0.2) is 18.4 Å². The van der Waals surface area contributed by atoms with E-state index in [0.717, 1.165) is 26.2 Å². The van der Waals surface area contributed by atoms with Crippen LogP contribution in [0.25, 0.3) is 0 Å². The van der Waals surface area contributed by atoms with Gasteiger partial charge in [0.05, 0.1) is 55.6 Å². The molecule has 4 aliphatic heterocycles. The van der Waals surface area contributed by atoms with E-state index in [9.17, 15) is 23.2 Å². The lowest BCUT2D eigenvalue weighted by Crippen LogP contribution is -2.53. The summed E-state index contributed by atoms with van der Waals surface area (Å²) >= 11 is 0. The number of hydrogen-bond acceptors (Lipinski definition) is 10. The molecule has 0 spiro atoms. The number of hydrogen-bond donors (Lipinski definition) is 2. The number of carbonyl (C=O) groups excluding carboxylic acids is 3. The van der Waals surface area contributed by atoms with Crippen molar-refractivity contribution >= 4 is 40.8 Å². The lowest BCUT2D eigenvalue weighted by molar-refractivity contribution is -0.119. The standard InChI is InChI=1S/C20H29FN4O3.C17H24FN3O3/c1-14(26)22-12-16-13-25(19(27)28-16)15-5-6-18(17(21)11-15)23-7-9-24(10-8-23)20(2,3)4;1-12(2)19-10-14-11-21(17(22)24-14)13-3-4-16(15(18)9-13)20-5-7-23-8-6-20/h5-6,11,16H,7-10,12-13H2,1-4H3,(H,22,26);3-4,9,12,14,19H,5-8,10-11H2,1-2H3/t16-;14-/m00/s1. The first-order valence-corrected chi connectivity index (χ1v) is 18.1. The van der Waals surface area contributed by atoms with E-state index < -0.39 is 18.3 Å². The highest BCUT2D eigenvalue weighted by Crippen LogP contribution is 2.30. The number of nitrogens with zero attached hydrogens (tertiary/aromatic N) is 5. The van der Waals surface area contributed by atoms with Gasteiger partial charge in [-0.3, -0.25) is 19.5 Å². The molecule has 2 aromatic rings. The van der Waals surface area contributed by atoms with Gasteiger partial charge in [-0.05, 0) is 57.2 Å². The van der Waals surface area contributed by atoms with Crippen molar-refractivity contribution in [2.75, 3.05) is 98.3 Å². The number of cyclic esters (lactones) is 2. The molecule has 6 rings (SSSR count). The van der Waals surface area contributed by atoms with Crippen molar-refractivity contribution in [1.29, 1.82) is 0 Å². The van der Waals surface area contributed by atoms with Crippen LogP contribution >= 0.6 is 0 Å². The Morgan fingerprint density at radius 2 is 1.27 bits per heavy atom. The van der Waals surface area contributed by atoms with Crippen LogP contribution < -0.4 is 30.2 Å². The van der Waals surface area contributed by atoms with E-state index in [-0.39, 0.29) is 42.3 Å². The molecule has 0 radical (unpaired) electrons. The summed E-state index contributed by atoms with van der Waals surface area (Å²) in [5, 5.41) is 5.88. The van der Waals surface area contributed by atoms with Gasteiger partial charge in [-0.1, -0.05) is 13.8 Å². The molecule has 2 aromatic carbocycles. The molecule has 52 heavy (non-hydrogen) atoms. The van der Waals surface area contributed by atoms with Gasteiger partial charge in [0.2, 0.25) is 5.91 Å². The minimum atomic E-state index is -0.527. The minimum Gasteiger partial charge on any atom is -0.443 e. The number of carbonyl (C=O) groups is 3. The molecule has 4 heterocycles. The summed E-state index contributed by atoms with van der Waals surface area (Å²) in [5.74, 6) is -0.859. The topological polar surface area (TPSA) is 119 Å². The van der Waals surface area contributed by atoms with Crippen molar-refractivity contribution in [1.82, 2.24) is 15.5 Å². The quantitative estimate of drug-likeness (QED) is 0.389. The molecule has 2 N–H and O–H groups in total. The van der Waals surface area contributed by atoms with E-state index in [2.05, 4.69) is 36.3 Å². The Morgan fingerprint density at radius 1 is 0.788 bits per heavy atom. The number of amides is 3. The van der Waals surface area contributed by atoms with Gasteiger partial charge >= 0.3 is 12.2 Å².